The van der Waals surface area contributed by atoms with Gasteiger partial charge >= 0.3 is 5.97 Å². The third kappa shape index (κ3) is 2.76. The average Bonchev–Trinajstić information content (AvgIpc) is 3.11. The summed E-state index contributed by atoms with van der Waals surface area (Å²) in [4.78, 5) is 19.4. The van der Waals surface area contributed by atoms with Crippen LogP contribution in [0.25, 0.3) is 0 Å². The highest BCUT2D eigenvalue weighted by Crippen LogP contribution is 2.47. The van der Waals surface area contributed by atoms with E-state index < -0.39 is 58.0 Å². The molecular weight excluding hydrogens is 390 g/mol. The molecule has 0 bridgehead atoms. The van der Waals surface area contributed by atoms with Crippen LogP contribution in [0.2, 0.25) is 0 Å². The number of rotatable bonds is 3. The predicted octanol–water partition coefficient (Wildman–Crippen LogP) is 4.66. The number of hydrogen-bond acceptors (Lipinski definition) is 4. The van der Waals surface area contributed by atoms with Crippen molar-refractivity contribution in [3.05, 3.63) is 70.9 Å². The van der Waals surface area contributed by atoms with Crippen LogP contribution in [0.5, 0.6) is 0 Å². The standard InChI is InChI=1S/C18H10F6N2O2/c1-2-28-17(27)15-18(26-16(25-15)8-6-4-3-5-7-8)13(23)11(21)9(19)10(20)12(22)14(18)24/h3-7H,2H2,1H3. The summed E-state index contributed by atoms with van der Waals surface area (Å²) in [7, 11) is 0. The Balaban J connectivity index is 2.36. The quantitative estimate of drug-likeness (QED) is 0.548. The lowest BCUT2D eigenvalue weighted by Gasteiger charge is -2.23. The van der Waals surface area contributed by atoms with Gasteiger partial charge in [0.1, 0.15) is 0 Å². The van der Waals surface area contributed by atoms with Crippen molar-refractivity contribution in [1.82, 2.24) is 0 Å². The summed E-state index contributed by atoms with van der Waals surface area (Å²) in [6.45, 7) is 1.07. The fourth-order valence-electron chi connectivity index (χ4n) is 2.64. The summed E-state index contributed by atoms with van der Waals surface area (Å²) in [6, 6.07) is 7.35. The zero-order valence-corrected chi connectivity index (χ0v) is 14.1. The monoisotopic (exact) mass is 400 g/mol. The summed E-state index contributed by atoms with van der Waals surface area (Å²) in [5, 5.41) is 0. The summed E-state index contributed by atoms with van der Waals surface area (Å²) >= 11 is 0. The van der Waals surface area contributed by atoms with Crippen LogP contribution in [0.3, 0.4) is 0 Å². The maximum Gasteiger partial charge on any atom is 0.356 e. The van der Waals surface area contributed by atoms with Gasteiger partial charge in [0.05, 0.1) is 6.61 Å². The highest BCUT2D eigenvalue weighted by atomic mass is 19.2. The van der Waals surface area contributed by atoms with Gasteiger partial charge in [-0.2, -0.15) is 0 Å². The number of amidine groups is 1. The van der Waals surface area contributed by atoms with Crippen LogP contribution in [0.15, 0.2) is 75.3 Å². The SMILES string of the molecule is CCOC(=O)C1=NC(c2ccccc2)=NC12C(F)=C(F)C(F)=C(F)C(F)=C2F. The minimum Gasteiger partial charge on any atom is -0.461 e. The molecule has 28 heavy (non-hydrogen) atoms. The van der Waals surface area contributed by atoms with E-state index in [2.05, 4.69) is 14.7 Å². The molecule has 4 nitrogen and oxygen atoms in total. The second-order valence-electron chi connectivity index (χ2n) is 5.58. The van der Waals surface area contributed by atoms with Crippen LogP contribution in [0.4, 0.5) is 26.3 Å². The first-order valence-corrected chi connectivity index (χ1v) is 7.84. The third-order valence-electron chi connectivity index (χ3n) is 3.93. The largest absolute Gasteiger partial charge is 0.461 e. The van der Waals surface area contributed by atoms with Gasteiger partial charge in [0.15, 0.2) is 46.5 Å². The number of benzene rings is 1. The van der Waals surface area contributed by atoms with Crippen molar-refractivity contribution in [1.29, 1.82) is 0 Å². The number of carbonyl (C=O) groups is 1. The van der Waals surface area contributed by atoms with Crippen molar-refractivity contribution in [2.45, 2.75) is 12.5 Å². The van der Waals surface area contributed by atoms with E-state index >= 15 is 0 Å². The Morgan fingerprint density at radius 1 is 0.929 bits per heavy atom. The van der Waals surface area contributed by atoms with E-state index in [1.807, 2.05) is 0 Å². The minimum atomic E-state index is -3.49. The van der Waals surface area contributed by atoms with Crippen LogP contribution in [0, 0.1) is 0 Å². The molecule has 0 saturated carbocycles. The van der Waals surface area contributed by atoms with Crippen LogP contribution >= 0.6 is 0 Å². The Kier molecular flexibility index (Phi) is 4.97. The second-order valence-corrected chi connectivity index (χ2v) is 5.58. The summed E-state index contributed by atoms with van der Waals surface area (Å²) < 4.78 is 89.6. The Morgan fingerprint density at radius 3 is 1.96 bits per heavy atom. The molecule has 1 aromatic carbocycles. The molecule has 0 N–H and O–H groups in total. The van der Waals surface area contributed by atoms with E-state index in [0.717, 1.165) is 0 Å². The van der Waals surface area contributed by atoms with Gasteiger partial charge in [-0.05, 0) is 6.92 Å². The molecule has 1 aliphatic carbocycles. The lowest BCUT2D eigenvalue weighted by molar-refractivity contribution is -0.135. The van der Waals surface area contributed by atoms with Crippen LogP contribution in [0.1, 0.15) is 12.5 Å². The van der Waals surface area contributed by atoms with Crippen molar-refractivity contribution < 1.29 is 35.9 Å². The van der Waals surface area contributed by atoms with Gasteiger partial charge in [-0.3, -0.25) is 0 Å². The molecule has 0 amide bonds. The first kappa shape index (κ1) is 19.6. The molecule has 0 unspecified atom stereocenters. The van der Waals surface area contributed by atoms with E-state index in [-0.39, 0.29) is 12.2 Å². The lowest BCUT2D eigenvalue weighted by Crippen LogP contribution is -2.42. The molecule has 1 aromatic rings. The highest BCUT2D eigenvalue weighted by molar-refractivity contribution is 6.45. The molecule has 146 valence electrons. The first-order valence-electron chi connectivity index (χ1n) is 7.84. The van der Waals surface area contributed by atoms with E-state index in [4.69, 9.17) is 0 Å². The van der Waals surface area contributed by atoms with E-state index in [1.165, 1.54) is 31.2 Å². The maximum atomic E-state index is 14.8. The summed E-state index contributed by atoms with van der Waals surface area (Å²) in [6.07, 6.45) is 0. The zero-order chi connectivity index (χ0) is 20.6. The van der Waals surface area contributed by atoms with Gasteiger partial charge in [-0.25, -0.2) is 41.1 Å². The lowest BCUT2D eigenvalue weighted by atomic mass is 9.90. The molecule has 10 heteroatoms. The molecule has 0 saturated heterocycles. The number of ether oxygens (including phenoxy) is 1. The van der Waals surface area contributed by atoms with Gasteiger partial charge in [0, 0.05) is 5.56 Å². The number of carbonyl (C=O) groups excluding carboxylic acids is 1. The van der Waals surface area contributed by atoms with E-state index in [9.17, 15) is 31.1 Å². The second kappa shape index (κ2) is 7.10. The van der Waals surface area contributed by atoms with Crippen LogP contribution < -0.4 is 0 Å². The third-order valence-corrected chi connectivity index (χ3v) is 3.93. The maximum absolute atomic E-state index is 14.8. The molecule has 1 spiro atoms. The number of aliphatic imine (C=N–C) groups is 2. The number of halogens is 6. The topological polar surface area (TPSA) is 51.0 Å². The molecule has 0 atom stereocenters. The highest BCUT2D eigenvalue weighted by Gasteiger charge is 2.58. The van der Waals surface area contributed by atoms with Crippen molar-refractivity contribution in [2.75, 3.05) is 6.61 Å². The van der Waals surface area contributed by atoms with Gasteiger partial charge < -0.3 is 4.74 Å². The average molecular weight is 400 g/mol. The number of nitrogens with zero attached hydrogens (tertiary/aromatic N) is 2. The van der Waals surface area contributed by atoms with Crippen molar-refractivity contribution in [3.63, 3.8) is 0 Å². The van der Waals surface area contributed by atoms with Crippen molar-refractivity contribution >= 4 is 17.5 Å². The summed E-state index contributed by atoms with van der Waals surface area (Å²) in [5.41, 5.74) is -4.58. The number of esters is 1. The van der Waals surface area contributed by atoms with Gasteiger partial charge in [0.25, 0.3) is 0 Å². The van der Waals surface area contributed by atoms with Gasteiger partial charge in [-0.1, -0.05) is 30.3 Å². The molecule has 1 aliphatic heterocycles. The Hall–Kier alpha value is -3.17. The van der Waals surface area contributed by atoms with E-state index in [0.29, 0.717) is 0 Å². The van der Waals surface area contributed by atoms with Gasteiger partial charge in [-0.15, -0.1) is 0 Å². The normalized spacial score (nSPS) is 19.1. The smallest absolute Gasteiger partial charge is 0.356 e. The van der Waals surface area contributed by atoms with Crippen LogP contribution in [-0.2, 0) is 9.53 Å². The van der Waals surface area contributed by atoms with Crippen molar-refractivity contribution in [2.24, 2.45) is 9.98 Å². The van der Waals surface area contributed by atoms with Crippen LogP contribution in [-0.4, -0.2) is 29.7 Å². The van der Waals surface area contributed by atoms with E-state index in [1.54, 1.807) is 6.07 Å². The Morgan fingerprint density at radius 2 is 1.46 bits per heavy atom. The summed E-state index contributed by atoms with van der Waals surface area (Å²) in [5.74, 6) is -17.0. The first-order chi connectivity index (χ1) is 13.3. The molecule has 0 fully saturated rings. The fraction of sp³-hybridized carbons (Fsp3) is 0.167. The fourth-order valence-corrected chi connectivity index (χ4v) is 2.64. The predicted molar refractivity (Wildman–Crippen MR) is 87.5 cm³/mol. The molecule has 3 rings (SSSR count). The molecule has 0 aromatic heterocycles. The number of allylic oxidation sites excluding steroid dienone is 4. The molecule has 0 radical (unpaired) electrons. The minimum absolute atomic E-state index is 0.126. The molecule has 1 heterocycles. The zero-order valence-electron chi connectivity index (χ0n) is 14.1. The Labute approximate surface area is 154 Å². The molecular formula is C18H10F6N2O2. The number of hydrogen-bond donors (Lipinski definition) is 0. The molecule has 2 aliphatic rings. The Bertz CT molecular complexity index is 974. The van der Waals surface area contributed by atoms with Crippen molar-refractivity contribution in [3.8, 4) is 0 Å². The van der Waals surface area contributed by atoms with Gasteiger partial charge in [0.2, 0.25) is 5.54 Å².